The zero-order valence-electron chi connectivity index (χ0n) is 9.33. The fourth-order valence-electron chi connectivity index (χ4n) is 1.61. The van der Waals surface area contributed by atoms with Gasteiger partial charge in [-0.2, -0.15) is 5.10 Å². The Labute approximate surface area is 108 Å². The Balaban J connectivity index is 2.14. The van der Waals surface area contributed by atoms with Crippen LogP contribution in [0.2, 0.25) is 0 Å². The van der Waals surface area contributed by atoms with Gasteiger partial charge in [0.05, 0.1) is 17.2 Å². The van der Waals surface area contributed by atoms with E-state index in [1.54, 1.807) is 0 Å². The largest absolute Gasteiger partial charge is 0.315 e. The van der Waals surface area contributed by atoms with Gasteiger partial charge in [0.2, 0.25) is 0 Å². The second-order valence-corrected chi connectivity index (χ2v) is 5.94. The van der Waals surface area contributed by atoms with Gasteiger partial charge in [0.25, 0.3) is 0 Å². The van der Waals surface area contributed by atoms with E-state index in [-0.39, 0.29) is 0 Å². The number of halogens is 1. The van der Waals surface area contributed by atoms with Crippen molar-refractivity contribution in [3.8, 4) is 0 Å². The molecule has 0 bridgehead atoms. The Kier molecular flexibility index (Phi) is 3.78. The average Bonchev–Trinajstić information content (AvgIpc) is 2.76. The number of rotatable bonds is 4. The first kappa shape index (κ1) is 11.8. The van der Waals surface area contributed by atoms with Crippen molar-refractivity contribution < 1.29 is 0 Å². The van der Waals surface area contributed by atoms with Crippen LogP contribution in [0, 0.1) is 6.92 Å². The Morgan fingerprint density at radius 2 is 2.38 bits per heavy atom. The van der Waals surface area contributed by atoms with E-state index in [2.05, 4.69) is 39.3 Å². The summed E-state index contributed by atoms with van der Waals surface area (Å²) in [6.07, 6.45) is 3.81. The zero-order chi connectivity index (χ0) is 11.5. The molecule has 0 aromatic carbocycles. The van der Waals surface area contributed by atoms with Crippen LogP contribution < -0.4 is 5.32 Å². The summed E-state index contributed by atoms with van der Waals surface area (Å²) in [5.41, 5.74) is 1.35. The lowest BCUT2D eigenvalue weighted by Gasteiger charge is -1.99. The molecule has 1 N–H and O–H groups in total. The minimum Gasteiger partial charge on any atom is -0.315 e. The molecule has 2 aromatic rings. The molecular formula is C11H14BrN3S. The van der Waals surface area contributed by atoms with Crippen molar-refractivity contribution in [1.82, 2.24) is 15.1 Å². The predicted molar refractivity (Wildman–Crippen MR) is 70.8 cm³/mol. The van der Waals surface area contributed by atoms with Crippen LogP contribution in [-0.4, -0.2) is 16.8 Å². The molecule has 0 unspecified atom stereocenters. The minimum absolute atomic E-state index is 0.845. The summed E-state index contributed by atoms with van der Waals surface area (Å²) >= 11 is 5.25. The predicted octanol–water partition coefficient (Wildman–Crippen LogP) is 2.78. The lowest BCUT2D eigenvalue weighted by Crippen LogP contribution is -2.03. The third kappa shape index (κ3) is 2.72. The number of nitrogens with one attached hydrogen (secondary N) is 1. The van der Waals surface area contributed by atoms with Gasteiger partial charge in [-0.3, -0.25) is 4.68 Å². The Hall–Kier alpha value is -0.650. The summed E-state index contributed by atoms with van der Waals surface area (Å²) in [6.45, 7) is 3.95. The molecule has 2 aromatic heterocycles. The van der Waals surface area contributed by atoms with E-state index in [4.69, 9.17) is 0 Å². The molecule has 16 heavy (non-hydrogen) atoms. The molecule has 0 amide bonds. The van der Waals surface area contributed by atoms with Gasteiger partial charge in [0.1, 0.15) is 0 Å². The molecule has 0 atom stereocenters. The van der Waals surface area contributed by atoms with Crippen LogP contribution in [0.25, 0.3) is 0 Å². The summed E-state index contributed by atoms with van der Waals surface area (Å²) in [6, 6.07) is 2.26. The average molecular weight is 300 g/mol. The normalized spacial score (nSPS) is 10.9. The number of aryl methyl sites for hydroxylation is 1. The van der Waals surface area contributed by atoms with Gasteiger partial charge in [-0.25, -0.2) is 0 Å². The van der Waals surface area contributed by atoms with E-state index in [1.807, 2.05) is 35.5 Å². The van der Waals surface area contributed by atoms with Crippen LogP contribution in [0.5, 0.6) is 0 Å². The molecule has 2 rings (SSSR count). The van der Waals surface area contributed by atoms with Crippen LogP contribution in [0.4, 0.5) is 0 Å². The fraction of sp³-hybridized carbons (Fsp3) is 0.364. The van der Waals surface area contributed by atoms with Crippen molar-refractivity contribution in [2.24, 2.45) is 0 Å². The minimum atomic E-state index is 0.845. The fourth-order valence-corrected chi connectivity index (χ4v) is 3.00. The van der Waals surface area contributed by atoms with Crippen molar-refractivity contribution in [3.05, 3.63) is 38.3 Å². The van der Waals surface area contributed by atoms with Crippen molar-refractivity contribution in [3.63, 3.8) is 0 Å². The standard InChI is InChI=1S/C11H14BrN3S/c1-8-9(3-11(16-8)5-13-2)6-15-7-10(12)4-14-15/h3-4,7,13H,5-6H2,1-2H3. The van der Waals surface area contributed by atoms with E-state index < -0.39 is 0 Å². The smallest absolute Gasteiger partial charge is 0.0670 e. The third-order valence-electron chi connectivity index (χ3n) is 2.36. The van der Waals surface area contributed by atoms with Gasteiger partial charge in [-0.05, 0) is 41.5 Å². The Morgan fingerprint density at radius 1 is 1.56 bits per heavy atom. The molecule has 0 aliphatic carbocycles. The number of aromatic nitrogens is 2. The molecule has 0 saturated heterocycles. The van der Waals surface area contributed by atoms with E-state index in [9.17, 15) is 0 Å². The van der Waals surface area contributed by atoms with Crippen molar-refractivity contribution >= 4 is 27.3 Å². The van der Waals surface area contributed by atoms with E-state index in [0.717, 1.165) is 17.6 Å². The summed E-state index contributed by atoms with van der Waals surface area (Å²) < 4.78 is 2.97. The number of hydrogen-bond donors (Lipinski definition) is 1. The molecule has 3 nitrogen and oxygen atoms in total. The highest BCUT2D eigenvalue weighted by Crippen LogP contribution is 2.22. The van der Waals surface area contributed by atoms with Crippen LogP contribution >= 0.6 is 27.3 Å². The second kappa shape index (κ2) is 5.12. The molecule has 0 saturated carbocycles. The number of nitrogens with zero attached hydrogens (tertiary/aromatic N) is 2. The lowest BCUT2D eigenvalue weighted by atomic mass is 10.2. The topological polar surface area (TPSA) is 29.9 Å². The molecular weight excluding hydrogens is 286 g/mol. The van der Waals surface area contributed by atoms with Gasteiger partial charge < -0.3 is 5.32 Å². The summed E-state index contributed by atoms with van der Waals surface area (Å²) in [4.78, 5) is 2.75. The third-order valence-corrected chi connectivity index (χ3v) is 3.86. The quantitative estimate of drug-likeness (QED) is 0.941. The first-order valence-electron chi connectivity index (χ1n) is 5.10. The highest BCUT2D eigenvalue weighted by atomic mass is 79.9. The summed E-state index contributed by atoms with van der Waals surface area (Å²) in [7, 11) is 1.97. The van der Waals surface area contributed by atoms with Crippen molar-refractivity contribution in [1.29, 1.82) is 0 Å². The van der Waals surface area contributed by atoms with Gasteiger partial charge >= 0.3 is 0 Å². The molecule has 5 heteroatoms. The molecule has 0 aliphatic heterocycles. The highest BCUT2D eigenvalue weighted by molar-refractivity contribution is 9.10. The molecule has 0 aliphatic rings. The van der Waals surface area contributed by atoms with Gasteiger partial charge in [-0.1, -0.05) is 0 Å². The maximum Gasteiger partial charge on any atom is 0.0670 e. The molecule has 0 radical (unpaired) electrons. The number of hydrogen-bond acceptors (Lipinski definition) is 3. The van der Waals surface area contributed by atoms with E-state index >= 15 is 0 Å². The number of thiophene rings is 1. The maximum atomic E-state index is 4.27. The molecule has 2 heterocycles. The second-order valence-electron chi connectivity index (χ2n) is 3.68. The monoisotopic (exact) mass is 299 g/mol. The first-order valence-corrected chi connectivity index (χ1v) is 6.70. The lowest BCUT2D eigenvalue weighted by molar-refractivity contribution is 0.685. The van der Waals surface area contributed by atoms with Crippen LogP contribution in [0.3, 0.4) is 0 Å². The SMILES string of the molecule is CNCc1cc(Cn2cc(Br)cn2)c(C)s1. The van der Waals surface area contributed by atoms with Gasteiger partial charge in [0, 0.05) is 22.5 Å². The van der Waals surface area contributed by atoms with Crippen LogP contribution in [-0.2, 0) is 13.1 Å². The van der Waals surface area contributed by atoms with Crippen LogP contribution in [0.1, 0.15) is 15.3 Å². The van der Waals surface area contributed by atoms with Crippen LogP contribution in [0.15, 0.2) is 22.9 Å². The summed E-state index contributed by atoms with van der Waals surface area (Å²) in [5.74, 6) is 0. The summed E-state index contributed by atoms with van der Waals surface area (Å²) in [5, 5.41) is 7.44. The van der Waals surface area contributed by atoms with E-state index in [1.165, 1.54) is 15.3 Å². The first-order chi connectivity index (χ1) is 7.69. The Morgan fingerprint density at radius 3 is 3.00 bits per heavy atom. The van der Waals surface area contributed by atoms with Crippen molar-refractivity contribution in [2.45, 2.75) is 20.0 Å². The Bertz CT molecular complexity index is 475. The zero-order valence-corrected chi connectivity index (χ0v) is 11.7. The van der Waals surface area contributed by atoms with Gasteiger partial charge in [-0.15, -0.1) is 11.3 Å². The highest BCUT2D eigenvalue weighted by Gasteiger charge is 2.06. The van der Waals surface area contributed by atoms with Crippen molar-refractivity contribution in [2.75, 3.05) is 7.05 Å². The van der Waals surface area contributed by atoms with E-state index in [0.29, 0.717) is 0 Å². The maximum absolute atomic E-state index is 4.27. The molecule has 0 spiro atoms. The van der Waals surface area contributed by atoms with Gasteiger partial charge in [0.15, 0.2) is 0 Å². The molecule has 0 fully saturated rings. The molecule has 86 valence electrons.